The van der Waals surface area contributed by atoms with Gasteiger partial charge in [0.2, 0.25) is 0 Å². The second-order valence-corrected chi connectivity index (χ2v) is 7.51. The Hall–Kier alpha value is -1.25. The van der Waals surface area contributed by atoms with Crippen molar-refractivity contribution in [3.63, 3.8) is 0 Å². The molecule has 0 aliphatic rings. The van der Waals surface area contributed by atoms with E-state index >= 15 is 0 Å². The maximum atomic E-state index is 11.3. The van der Waals surface area contributed by atoms with Crippen LogP contribution in [0.2, 0.25) is 0 Å². The lowest BCUT2D eigenvalue weighted by Gasteiger charge is -2.05. The molecule has 0 amide bonds. The smallest absolute Gasteiger partial charge is 0.154 e. The fraction of sp³-hybridized carbons (Fsp3) is 0.400. The molecule has 98 valence electrons. The fourth-order valence-electron chi connectivity index (χ4n) is 1.70. The molecule has 0 aliphatic heterocycles. The van der Waals surface area contributed by atoms with E-state index in [4.69, 9.17) is 5.84 Å². The summed E-state index contributed by atoms with van der Waals surface area (Å²) in [5, 5.41) is 0.859. The summed E-state index contributed by atoms with van der Waals surface area (Å²) in [4.78, 5) is 10.3. The van der Waals surface area contributed by atoms with Crippen LogP contribution in [0.4, 0.5) is 5.82 Å². The van der Waals surface area contributed by atoms with Crippen molar-refractivity contribution >= 4 is 37.2 Å². The monoisotopic (exact) mass is 286 g/mol. The van der Waals surface area contributed by atoms with E-state index in [1.165, 1.54) is 11.3 Å². The fourth-order valence-corrected chi connectivity index (χ4v) is 3.34. The summed E-state index contributed by atoms with van der Waals surface area (Å²) in [5.74, 6) is 5.99. The molecule has 0 spiro atoms. The van der Waals surface area contributed by atoms with Crippen molar-refractivity contribution in [2.75, 3.05) is 11.7 Å². The molecule has 2 heterocycles. The highest BCUT2D eigenvalue weighted by Crippen LogP contribution is 2.32. The first-order valence-corrected chi connectivity index (χ1v) is 8.10. The number of aryl methyl sites for hydroxylation is 2. The molecule has 18 heavy (non-hydrogen) atoms. The number of fused-ring (bicyclic) bond motifs is 1. The highest BCUT2D eigenvalue weighted by atomic mass is 32.2. The number of nitrogens with two attached hydrogens (primary N) is 1. The number of sulfone groups is 1. The summed E-state index contributed by atoms with van der Waals surface area (Å²) in [6, 6.07) is 0. The average Bonchev–Trinajstić information content (AvgIpc) is 2.51. The van der Waals surface area contributed by atoms with Crippen LogP contribution in [0.25, 0.3) is 10.2 Å². The zero-order chi connectivity index (χ0) is 13.5. The van der Waals surface area contributed by atoms with Gasteiger partial charge < -0.3 is 5.43 Å². The minimum absolute atomic E-state index is 0.187. The van der Waals surface area contributed by atoms with Crippen LogP contribution in [-0.4, -0.2) is 24.6 Å². The van der Waals surface area contributed by atoms with Crippen molar-refractivity contribution in [2.24, 2.45) is 5.84 Å². The van der Waals surface area contributed by atoms with Crippen molar-refractivity contribution in [3.05, 3.63) is 16.3 Å². The molecule has 3 N–H and O–H groups in total. The Bertz CT molecular complexity index is 706. The third kappa shape index (κ3) is 2.45. The van der Waals surface area contributed by atoms with Gasteiger partial charge in [0.25, 0.3) is 0 Å². The van der Waals surface area contributed by atoms with E-state index < -0.39 is 9.84 Å². The van der Waals surface area contributed by atoms with Gasteiger partial charge in [0.05, 0.1) is 5.39 Å². The molecule has 2 aromatic heterocycles. The van der Waals surface area contributed by atoms with E-state index in [1.807, 2.05) is 13.8 Å². The Morgan fingerprint density at radius 2 is 2.00 bits per heavy atom. The number of thiophene rings is 1. The van der Waals surface area contributed by atoms with E-state index in [0.717, 1.165) is 26.9 Å². The Morgan fingerprint density at radius 3 is 2.56 bits per heavy atom. The standard InChI is InChI=1S/C10H14N4O2S2/c1-5-6(2)17-10-8(5)9(14-11)12-7(13-10)4-18(3,15)16/h4,11H2,1-3H3,(H,12,13,14). The van der Waals surface area contributed by atoms with Crippen molar-refractivity contribution in [1.82, 2.24) is 9.97 Å². The predicted octanol–water partition coefficient (Wildman–Crippen LogP) is 1.14. The zero-order valence-corrected chi connectivity index (χ0v) is 11.9. The Balaban J connectivity index is 2.67. The number of hydrogen-bond acceptors (Lipinski definition) is 7. The van der Waals surface area contributed by atoms with Crippen LogP contribution in [0.1, 0.15) is 16.3 Å². The lowest BCUT2D eigenvalue weighted by atomic mass is 10.2. The first kappa shape index (κ1) is 13.2. The number of nitrogens with zero attached hydrogens (tertiary/aromatic N) is 2. The maximum absolute atomic E-state index is 11.3. The Morgan fingerprint density at radius 1 is 1.33 bits per heavy atom. The topological polar surface area (TPSA) is 98.0 Å². The van der Waals surface area contributed by atoms with E-state index in [0.29, 0.717) is 5.82 Å². The molecule has 0 fully saturated rings. The summed E-state index contributed by atoms with van der Waals surface area (Å²) in [6.07, 6.45) is 1.15. The van der Waals surface area contributed by atoms with Gasteiger partial charge in [0.15, 0.2) is 15.7 Å². The van der Waals surface area contributed by atoms with Gasteiger partial charge in [0.1, 0.15) is 16.4 Å². The van der Waals surface area contributed by atoms with E-state index in [1.54, 1.807) is 0 Å². The van der Waals surface area contributed by atoms with Crippen LogP contribution in [0.5, 0.6) is 0 Å². The molecule has 0 radical (unpaired) electrons. The third-order valence-corrected chi connectivity index (χ3v) is 4.49. The molecular formula is C10H14N4O2S2. The summed E-state index contributed by atoms with van der Waals surface area (Å²) in [5.41, 5.74) is 3.57. The number of hydrazine groups is 1. The zero-order valence-electron chi connectivity index (χ0n) is 10.3. The number of aromatic nitrogens is 2. The van der Waals surface area contributed by atoms with Gasteiger partial charge in [-0.1, -0.05) is 0 Å². The molecule has 6 nitrogen and oxygen atoms in total. The van der Waals surface area contributed by atoms with Crippen LogP contribution >= 0.6 is 11.3 Å². The molecule has 0 atom stereocenters. The molecule has 0 saturated heterocycles. The summed E-state index contributed by atoms with van der Waals surface area (Å²) in [6.45, 7) is 3.95. The quantitative estimate of drug-likeness (QED) is 0.648. The number of nitrogens with one attached hydrogen (secondary N) is 1. The normalized spacial score (nSPS) is 12.0. The number of rotatable bonds is 3. The Labute approximate surface area is 109 Å². The largest absolute Gasteiger partial charge is 0.308 e. The maximum Gasteiger partial charge on any atom is 0.154 e. The number of anilines is 1. The van der Waals surface area contributed by atoms with Crippen LogP contribution in [0.15, 0.2) is 0 Å². The van der Waals surface area contributed by atoms with Crippen molar-refractivity contribution in [3.8, 4) is 0 Å². The Kier molecular flexibility index (Phi) is 3.26. The van der Waals surface area contributed by atoms with Gasteiger partial charge in [-0.25, -0.2) is 24.2 Å². The van der Waals surface area contributed by atoms with Crippen molar-refractivity contribution in [2.45, 2.75) is 19.6 Å². The average molecular weight is 286 g/mol. The molecule has 0 aliphatic carbocycles. The molecule has 0 aromatic carbocycles. The van der Waals surface area contributed by atoms with Crippen LogP contribution in [-0.2, 0) is 15.6 Å². The second-order valence-electron chi connectivity index (χ2n) is 4.17. The lowest BCUT2D eigenvalue weighted by molar-refractivity contribution is 0.600. The molecule has 0 saturated carbocycles. The molecule has 2 aromatic rings. The van der Waals surface area contributed by atoms with E-state index in [-0.39, 0.29) is 11.6 Å². The molecule has 2 rings (SSSR count). The van der Waals surface area contributed by atoms with Gasteiger partial charge in [-0.2, -0.15) is 0 Å². The van der Waals surface area contributed by atoms with Gasteiger partial charge in [-0.15, -0.1) is 11.3 Å². The summed E-state index contributed by atoms with van der Waals surface area (Å²) < 4.78 is 22.6. The summed E-state index contributed by atoms with van der Waals surface area (Å²) in [7, 11) is -3.16. The minimum Gasteiger partial charge on any atom is -0.308 e. The SMILES string of the molecule is Cc1sc2nc(CS(C)(=O)=O)nc(NN)c2c1C. The van der Waals surface area contributed by atoms with Gasteiger partial charge >= 0.3 is 0 Å². The van der Waals surface area contributed by atoms with E-state index in [9.17, 15) is 8.42 Å². The van der Waals surface area contributed by atoms with Crippen LogP contribution in [0.3, 0.4) is 0 Å². The highest BCUT2D eigenvalue weighted by molar-refractivity contribution is 7.89. The number of hydrogen-bond donors (Lipinski definition) is 2. The molecule has 0 bridgehead atoms. The van der Waals surface area contributed by atoms with E-state index in [2.05, 4.69) is 15.4 Å². The van der Waals surface area contributed by atoms with Crippen LogP contribution < -0.4 is 11.3 Å². The lowest BCUT2D eigenvalue weighted by Crippen LogP contribution is -2.12. The predicted molar refractivity (Wildman–Crippen MR) is 73.2 cm³/mol. The molecule has 0 unspecified atom stereocenters. The highest BCUT2D eigenvalue weighted by Gasteiger charge is 2.16. The molecular weight excluding hydrogens is 272 g/mol. The third-order valence-electron chi connectivity index (χ3n) is 2.60. The van der Waals surface area contributed by atoms with Crippen LogP contribution in [0, 0.1) is 13.8 Å². The molecule has 8 heteroatoms. The second kappa shape index (κ2) is 4.45. The number of nitrogen functional groups attached to an aromatic ring is 1. The van der Waals surface area contributed by atoms with Gasteiger partial charge in [-0.05, 0) is 19.4 Å². The van der Waals surface area contributed by atoms with Gasteiger partial charge in [0, 0.05) is 11.1 Å². The van der Waals surface area contributed by atoms with Gasteiger partial charge in [-0.3, -0.25) is 0 Å². The van der Waals surface area contributed by atoms with Crippen molar-refractivity contribution in [1.29, 1.82) is 0 Å². The first-order chi connectivity index (χ1) is 8.31. The first-order valence-electron chi connectivity index (χ1n) is 5.23. The van der Waals surface area contributed by atoms with Crippen molar-refractivity contribution < 1.29 is 8.42 Å². The summed E-state index contributed by atoms with van der Waals surface area (Å²) >= 11 is 1.51. The minimum atomic E-state index is -3.16.